The molecule has 0 aliphatic heterocycles. The largest absolute Gasteiger partial charge is 0.489 e. The van der Waals surface area contributed by atoms with E-state index in [1.807, 2.05) is 24.3 Å². The van der Waals surface area contributed by atoms with Crippen LogP contribution in [-0.4, -0.2) is 16.2 Å². The SMILES string of the molecule is O=C(O)c1cccc(C2CC(c3ccc(OCc4c(-c5c(Cl)cccc5Cl)noc4C4CC4)cc3Cl)C2)c1. The third kappa shape index (κ3) is 4.91. The Bertz CT molecular complexity index is 1500. The molecule has 0 amide bonds. The van der Waals surface area contributed by atoms with Gasteiger partial charge in [0.25, 0.3) is 0 Å². The maximum atomic E-state index is 11.3. The molecule has 0 atom stereocenters. The van der Waals surface area contributed by atoms with Crippen molar-refractivity contribution in [1.82, 2.24) is 5.16 Å². The highest BCUT2D eigenvalue weighted by atomic mass is 35.5. The third-order valence-electron chi connectivity index (χ3n) is 7.50. The van der Waals surface area contributed by atoms with Crippen molar-refractivity contribution in [2.75, 3.05) is 0 Å². The fraction of sp³-hybridized carbons (Fsp3) is 0.267. The van der Waals surface area contributed by atoms with Crippen LogP contribution in [0, 0.1) is 0 Å². The molecule has 2 aliphatic carbocycles. The number of benzene rings is 3. The Morgan fingerprint density at radius 1 is 0.921 bits per heavy atom. The molecule has 2 aliphatic rings. The number of aromatic carboxylic acids is 1. The highest BCUT2D eigenvalue weighted by molar-refractivity contribution is 6.39. The number of carboxylic acid groups (broad SMARTS) is 1. The molecular weight excluding hydrogens is 545 g/mol. The fourth-order valence-corrected chi connectivity index (χ4v) is 6.10. The molecule has 1 heterocycles. The molecule has 194 valence electrons. The summed E-state index contributed by atoms with van der Waals surface area (Å²) in [6.07, 6.45) is 3.97. The number of nitrogens with zero attached hydrogens (tertiary/aromatic N) is 1. The Morgan fingerprint density at radius 2 is 1.66 bits per heavy atom. The summed E-state index contributed by atoms with van der Waals surface area (Å²) in [5.41, 5.74) is 4.57. The maximum Gasteiger partial charge on any atom is 0.335 e. The van der Waals surface area contributed by atoms with E-state index in [0.717, 1.165) is 48.1 Å². The number of hydrogen-bond acceptors (Lipinski definition) is 4. The second-order valence-corrected chi connectivity index (χ2v) is 11.2. The Hall–Kier alpha value is -2.99. The molecule has 5 nitrogen and oxygen atoms in total. The number of carbonyl (C=O) groups is 1. The maximum absolute atomic E-state index is 11.3. The summed E-state index contributed by atoms with van der Waals surface area (Å²) in [7, 11) is 0. The lowest BCUT2D eigenvalue weighted by molar-refractivity contribution is 0.0696. The van der Waals surface area contributed by atoms with E-state index in [-0.39, 0.29) is 6.61 Å². The molecule has 1 N–H and O–H groups in total. The van der Waals surface area contributed by atoms with E-state index >= 15 is 0 Å². The van der Waals surface area contributed by atoms with E-state index in [2.05, 4.69) is 5.16 Å². The van der Waals surface area contributed by atoms with Crippen LogP contribution in [0.15, 0.2) is 65.2 Å². The summed E-state index contributed by atoms with van der Waals surface area (Å²) in [5, 5.41) is 15.3. The number of hydrogen-bond donors (Lipinski definition) is 1. The monoisotopic (exact) mass is 567 g/mol. The quantitative estimate of drug-likeness (QED) is 0.229. The smallest absolute Gasteiger partial charge is 0.335 e. The highest BCUT2D eigenvalue weighted by Crippen LogP contribution is 2.50. The van der Waals surface area contributed by atoms with E-state index in [1.165, 1.54) is 0 Å². The number of carboxylic acids is 1. The van der Waals surface area contributed by atoms with Crippen molar-refractivity contribution in [3.8, 4) is 17.0 Å². The predicted octanol–water partition coefficient (Wildman–Crippen LogP) is 9.12. The van der Waals surface area contributed by atoms with E-state index < -0.39 is 5.97 Å². The van der Waals surface area contributed by atoms with Gasteiger partial charge < -0.3 is 14.4 Å². The van der Waals surface area contributed by atoms with Crippen LogP contribution >= 0.6 is 34.8 Å². The van der Waals surface area contributed by atoms with Crippen molar-refractivity contribution in [3.05, 3.63) is 104 Å². The Morgan fingerprint density at radius 3 is 2.34 bits per heavy atom. The van der Waals surface area contributed by atoms with Gasteiger partial charge >= 0.3 is 5.97 Å². The summed E-state index contributed by atoms with van der Waals surface area (Å²) in [5.74, 6) is 1.57. The molecule has 0 spiro atoms. The van der Waals surface area contributed by atoms with Gasteiger partial charge in [0.1, 0.15) is 23.8 Å². The molecular formula is C30H24Cl3NO4. The van der Waals surface area contributed by atoms with Crippen LogP contribution in [0.3, 0.4) is 0 Å². The fourth-order valence-electron chi connectivity index (χ4n) is 5.20. The third-order valence-corrected chi connectivity index (χ3v) is 8.46. The summed E-state index contributed by atoms with van der Waals surface area (Å²) in [6, 6.07) is 18.4. The molecule has 2 saturated carbocycles. The van der Waals surface area contributed by atoms with Crippen molar-refractivity contribution in [2.24, 2.45) is 0 Å². The van der Waals surface area contributed by atoms with Crippen molar-refractivity contribution in [2.45, 2.75) is 50.0 Å². The van der Waals surface area contributed by atoms with Crippen LogP contribution in [0.5, 0.6) is 5.75 Å². The first kappa shape index (κ1) is 25.3. The molecule has 6 rings (SSSR count). The summed E-state index contributed by atoms with van der Waals surface area (Å²) in [4.78, 5) is 11.3. The molecule has 8 heteroatoms. The van der Waals surface area contributed by atoms with Gasteiger partial charge in [0, 0.05) is 16.5 Å². The highest BCUT2D eigenvalue weighted by Gasteiger charge is 2.35. The van der Waals surface area contributed by atoms with Crippen molar-refractivity contribution < 1.29 is 19.2 Å². The van der Waals surface area contributed by atoms with Crippen LogP contribution in [0.25, 0.3) is 11.3 Å². The number of rotatable bonds is 8. The second kappa shape index (κ2) is 10.3. The van der Waals surface area contributed by atoms with Gasteiger partial charge in [-0.05, 0) is 85.0 Å². The molecule has 1 aromatic heterocycles. The Balaban J connectivity index is 1.16. The molecule has 38 heavy (non-hydrogen) atoms. The lowest BCUT2D eigenvalue weighted by atomic mass is 9.68. The zero-order valence-corrected chi connectivity index (χ0v) is 22.6. The zero-order chi connectivity index (χ0) is 26.4. The molecule has 0 saturated heterocycles. The minimum absolute atomic E-state index is 0.257. The van der Waals surface area contributed by atoms with Crippen LogP contribution in [0.1, 0.15) is 76.2 Å². The van der Waals surface area contributed by atoms with Crippen LogP contribution < -0.4 is 4.74 Å². The minimum Gasteiger partial charge on any atom is -0.489 e. The van der Waals surface area contributed by atoms with Gasteiger partial charge in [-0.15, -0.1) is 0 Å². The molecule has 0 bridgehead atoms. The normalized spacial score (nSPS) is 18.7. The van der Waals surface area contributed by atoms with Gasteiger partial charge in [-0.25, -0.2) is 4.79 Å². The Labute approximate surface area is 235 Å². The van der Waals surface area contributed by atoms with Crippen LogP contribution in [0.2, 0.25) is 15.1 Å². The van der Waals surface area contributed by atoms with Gasteiger partial charge in [0.05, 0.1) is 21.2 Å². The van der Waals surface area contributed by atoms with Crippen molar-refractivity contribution in [3.63, 3.8) is 0 Å². The molecule has 2 fully saturated rings. The average molecular weight is 569 g/mol. The predicted molar refractivity (Wildman–Crippen MR) is 148 cm³/mol. The van der Waals surface area contributed by atoms with Gasteiger partial charge in [-0.1, -0.05) is 64.2 Å². The molecule has 0 radical (unpaired) electrons. The van der Waals surface area contributed by atoms with Crippen molar-refractivity contribution in [1.29, 1.82) is 0 Å². The first-order chi connectivity index (χ1) is 18.4. The van der Waals surface area contributed by atoms with Gasteiger partial charge in [0.2, 0.25) is 0 Å². The lowest BCUT2D eigenvalue weighted by Crippen LogP contribution is -2.20. The van der Waals surface area contributed by atoms with E-state index in [0.29, 0.717) is 55.4 Å². The topological polar surface area (TPSA) is 72.6 Å². The zero-order valence-electron chi connectivity index (χ0n) is 20.3. The first-order valence-electron chi connectivity index (χ1n) is 12.6. The standard InChI is InChI=1S/C30H24Cl3NO4/c31-24-5-2-6-25(32)27(24)28-23(29(38-34-28)16-7-8-16)15-37-21-9-10-22(26(33)14-21)20-12-19(13-20)17-3-1-4-18(11-17)30(35)36/h1-6,9-11,14,16,19-20H,7-8,12-13,15H2,(H,35,36). The average Bonchev–Trinajstić information content (AvgIpc) is 3.63. The molecule has 3 aromatic carbocycles. The summed E-state index contributed by atoms with van der Waals surface area (Å²) < 4.78 is 11.9. The minimum atomic E-state index is -0.904. The van der Waals surface area contributed by atoms with Gasteiger partial charge in [0.15, 0.2) is 0 Å². The number of ether oxygens (including phenoxy) is 1. The summed E-state index contributed by atoms with van der Waals surface area (Å²) >= 11 is 19.6. The van der Waals surface area contributed by atoms with Crippen LogP contribution in [-0.2, 0) is 6.61 Å². The number of halogens is 3. The van der Waals surface area contributed by atoms with Gasteiger partial charge in [-0.2, -0.15) is 0 Å². The van der Waals surface area contributed by atoms with Gasteiger partial charge in [-0.3, -0.25) is 0 Å². The number of aromatic nitrogens is 1. The van der Waals surface area contributed by atoms with Crippen LogP contribution in [0.4, 0.5) is 0 Å². The molecule has 0 unspecified atom stereocenters. The van der Waals surface area contributed by atoms with E-state index in [4.69, 9.17) is 44.1 Å². The van der Waals surface area contributed by atoms with E-state index in [9.17, 15) is 9.90 Å². The lowest BCUT2D eigenvalue weighted by Gasteiger charge is -2.36. The molecule has 4 aromatic rings. The Kier molecular flexibility index (Phi) is 6.85. The first-order valence-corrected chi connectivity index (χ1v) is 13.7. The van der Waals surface area contributed by atoms with E-state index in [1.54, 1.807) is 36.4 Å². The summed E-state index contributed by atoms with van der Waals surface area (Å²) in [6.45, 7) is 0.257. The second-order valence-electron chi connectivity index (χ2n) is 10.0. The van der Waals surface area contributed by atoms with Crippen molar-refractivity contribution >= 4 is 40.8 Å².